The summed E-state index contributed by atoms with van der Waals surface area (Å²) in [6.45, 7) is 4.22. The van der Waals surface area contributed by atoms with Crippen LogP contribution in [-0.4, -0.2) is 18.0 Å². The Kier molecular flexibility index (Phi) is 4.93. The molecule has 0 saturated heterocycles. The minimum Gasteiger partial charge on any atom is -0.399 e. The number of aryl methyl sites for hydroxylation is 1. The number of carbonyl (C=O) groups excluding carboxylic acids is 1. The first-order valence-corrected chi connectivity index (χ1v) is 7.50. The molecule has 112 valence electrons. The molecule has 1 amide bonds. The van der Waals surface area contributed by atoms with E-state index in [9.17, 15) is 4.79 Å². The van der Waals surface area contributed by atoms with Crippen molar-refractivity contribution in [1.82, 2.24) is 10.3 Å². The second kappa shape index (κ2) is 6.69. The second-order valence-corrected chi connectivity index (χ2v) is 5.70. The zero-order chi connectivity index (χ0) is 15.4. The number of anilines is 1. The number of aromatic nitrogens is 1. The molecular formula is C15H19N3O2S. The van der Waals surface area contributed by atoms with E-state index < -0.39 is 0 Å². The van der Waals surface area contributed by atoms with Gasteiger partial charge in [-0.1, -0.05) is 6.07 Å². The van der Waals surface area contributed by atoms with E-state index in [1.54, 1.807) is 19.2 Å². The Balaban J connectivity index is 2.01. The smallest absolute Gasteiger partial charge is 0.251 e. The van der Waals surface area contributed by atoms with Crippen LogP contribution in [0.5, 0.6) is 0 Å². The molecule has 5 nitrogen and oxygen atoms in total. The highest BCUT2D eigenvalue weighted by Crippen LogP contribution is 2.20. The van der Waals surface area contributed by atoms with Gasteiger partial charge in [0.05, 0.1) is 12.2 Å². The molecule has 21 heavy (non-hydrogen) atoms. The highest BCUT2D eigenvalue weighted by atomic mass is 32.1. The Morgan fingerprint density at radius 1 is 1.52 bits per heavy atom. The molecule has 1 aromatic carbocycles. The summed E-state index contributed by atoms with van der Waals surface area (Å²) in [6, 6.07) is 5.31. The van der Waals surface area contributed by atoms with Gasteiger partial charge < -0.3 is 15.8 Å². The van der Waals surface area contributed by atoms with Crippen LogP contribution >= 0.6 is 11.3 Å². The lowest BCUT2D eigenvalue weighted by molar-refractivity contribution is 0.0950. The number of amides is 1. The van der Waals surface area contributed by atoms with Crippen LogP contribution in [0, 0.1) is 6.92 Å². The summed E-state index contributed by atoms with van der Waals surface area (Å²) in [5.41, 5.74) is 8.62. The van der Waals surface area contributed by atoms with Gasteiger partial charge in [0, 0.05) is 23.7 Å². The van der Waals surface area contributed by atoms with Crippen LogP contribution in [0.2, 0.25) is 0 Å². The molecular weight excluding hydrogens is 286 g/mol. The fourth-order valence-corrected chi connectivity index (χ4v) is 2.69. The Labute approximate surface area is 128 Å². The highest BCUT2D eigenvalue weighted by molar-refractivity contribution is 7.09. The van der Waals surface area contributed by atoms with Crippen molar-refractivity contribution in [2.75, 3.05) is 12.8 Å². The number of benzene rings is 1. The number of ether oxygens (including phenoxy) is 1. The van der Waals surface area contributed by atoms with Crippen molar-refractivity contribution in [3.63, 3.8) is 0 Å². The number of hydrogen-bond donors (Lipinski definition) is 2. The van der Waals surface area contributed by atoms with Crippen LogP contribution in [-0.2, 0) is 11.3 Å². The van der Waals surface area contributed by atoms with E-state index in [2.05, 4.69) is 10.3 Å². The van der Waals surface area contributed by atoms with Crippen molar-refractivity contribution in [3.05, 3.63) is 45.4 Å². The molecule has 2 aromatic rings. The van der Waals surface area contributed by atoms with Crippen LogP contribution in [0.4, 0.5) is 5.69 Å². The second-order valence-electron chi connectivity index (χ2n) is 4.81. The molecule has 0 aliphatic carbocycles. The lowest BCUT2D eigenvalue weighted by Crippen LogP contribution is -2.24. The molecule has 6 heteroatoms. The topological polar surface area (TPSA) is 77.2 Å². The lowest BCUT2D eigenvalue weighted by atomic mass is 10.1. The third-order valence-electron chi connectivity index (χ3n) is 3.21. The molecule has 1 heterocycles. The Bertz CT molecular complexity index is 640. The average molecular weight is 305 g/mol. The number of nitrogens with zero attached hydrogens (tertiary/aromatic N) is 1. The van der Waals surface area contributed by atoms with E-state index in [0.29, 0.717) is 17.8 Å². The number of carbonyl (C=O) groups is 1. The minimum atomic E-state index is -0.144. The van der Waals surface area contributed by atoms with E-state index >= 15 is 0 Å². The van der Waals surface area contributed by atoms with Crippen molar-refractivity contribution in [1.29, 1.82) is 0 Å². The van der Waals surface area contributed by atoms with Gasteiger partial charge in [-0.2, -0.15) is 0 Å². The first kappa shape index (κ1) is 15.5. The number of nitrogen functional groups attached to an aromatic ring is 1. The Hall–Kier alpha value is -1.92. The number of rotatable bonds is 5. The predicted molar refractivity (Wildman–Crippen MR) is 84.3 cm³/mol. The van der Waals surface area contributed by atoms with Crippen LogP contribution in [0.1, 0.15) is 39.7 Å². The maximum Gasteiger partial charge on any atom is 0.251 e. The molecule has 0 radical (unpaired) electrons. The van der Waals surface area contributed by atoms with Crippen LogP contribution in [0.25, 0.3) is 0 Å². The lowest BCUT2D eigenvalue weighted by Gasteiger charge is -2.07. The highest BCUT2D eigenvalue weighted by Gasteiger charge is 2.12. The Morgan fingerprint density at radius 2 is 2.29 bits per heavy atom. The van der Waals surface area contributed by atoms with Gasteiger partial charge in [0.2, 0.25) is 0 Å². The van der Waals surface area contributed by atoms with Gasteiger partial charge in [0.25, 0.3) is 5.91 Å². The number of nitrogens with two attached hydrogens (primary N) is 1. The van der Waals surface area contributed by atoms with E-state index in [4.69, 9.17) is 10.5 Å². The summed E-state index contributed by atoms with van der Waals surface area (Å²) in [6.07, 6.45) is -0.0318. The monoisotopic (exact) mass is 305 g/mol. The third-order valence-corrected chi connectivity index (χ3v) is 4.26. The number of hydrogen-bond acceptors (Lipinski definition) is 5. The van der Waals surface area contributed by atoms with Gasteiger partial charge in [0.1, 0.15) is 11.1 Å². The van der Waals surface area contributed by atoms with Crippen molar-refractivity contribution >= 4 is 22.9 Å². The molecule has 0 aliphatic heterocycles. The van der Waals surface area contributed by atoms with E-state index in [0.717, 1.165) is 16.3 Å². The number of nitrogens with one attached hydrogen (secondary N) is 1. The first-order chi connectivity index (χ1) is 10.0. The van der Waals surface area contributed by atoms with Gasteiger partial charge in [-0.25, -0.2) is 4.98 Å². The SMILES string of the molecule is COC(C)c1nc(CNC(=O)c2cc(N)ccc2C)cs1. The largest absolute Gasteiger partial charge is 0.399 e. The Morgan fingerprint density at radius 3 is 3.00 bits per heavy atom. The maximum atomic E-state index is 12.2. The van der Waals surface area contributed by atoms with Crippen molar-refractivity contribution in [2.45, 2.75) is 26.5 Å². The van der Waals surface area contributed by atoms with Gasteiger partial charge in [-0.15, -0.1) is 11.3 Å². The van der Waals surface area contributed by atoms with Crippen molar-refractivity contribution in [3.8, 4) is 0 Å². The normalized spacial score (nSPS) is 12.1. The van der Waals surface area contributed by atoms with Gasteiger partial charge in [-0.3, -0.25) is 4.79 Å². The zero-order valence-corrected chi connectivity index (χ0v) is 13.2. The van der Waals surface area contributed by atoms with Crippen LogP contribution in [0.15, 0.2) is 23.6 Å². The van der Waals surface area contributed by atoms with Crippen LogP contribution in [0.3, 0.4) is 0 Å². The molecule has 0 spiro atoms. The molecule has 0 saturated carbocycles. The van der Waals surface area contributed by atoms with Gasteiger partial charge in [-0.05, 0) is 31.5 Å². The van der Waals surface area contributed by atoms with Gasteiger partial charge in [0.15, 0.2) is 0 Å². The van der Waals surface area contributed by atoms with Gasteiger partial charge >= 0.3 is 0 Å². The molecule has 1 atom stereocenters. The summed E-state index contributed by atoms with van der Waals surface area (Å²) in [5, 5.41) is 5.69. The molecule has 0 aliphatic rings. The summed E-state index contributed by atoms with van der Waals surface area (Å²) in [7, 11) is 1.65. The molecule has 1 unspecified atom stereocenters. The number of methoxy groups -OCH3 is 1. The van der Waals surface area contributed by atoms with Crippen LogP contribution < -0.4 is 11.1 Å². The summed E-state index contributed by atoms with van der Waals surface area (Å²) < 4.78 is 5.22. The van der Waals surface area contributed by atoms with Crippen molar-refractivity contribution < 1.29 is 9.53 Å². The van der Waals surface area contributed by atoms with E-state index in [1.165, 1.54) is 11.3 Å². The molecule has 0 bridgehead atoms. The third kappa shape index (κ3) is 3.80. The zero-order valence-electron chi connectivity index (χ0n) is 12.3. The molecule has 1 aromatic heterocycles. The van der Waals surface area contributed by atoms with E-state index in [1.807, 2.05) is 25.3 Å². The molecule has 2 rings (SSSR count). The molecule has 0 fully saturated rings. The number of thiazole rings is 1. The maximum absolute atomic E-state index is 12.2. The summed E-state index contributed by atoms with van der Waals surface area (Å²) >= 11 is 1.53. The molecule has 3 N–H and O–H groups in total. The fourth-order valence-electron chi connectivity index (χ4n) is 1.84. The van der Waals surface area contributed by atoms with Crippen molar-refractivity contribution in [2.24, 2.45) is 0 Å². The standard InChI is InChI=1S/C15H19N3O2S/c1-9-4-5-11(16)6-13(9)14(19)17-7-12-8-21-15(18-12)10(2)20-3/h4-6,8,10H,7,16H2,1-3H3,(H,17,19). The summed E-state index contributed by atoms with van der Waals surface area (Å²) in [5.74, 6) is -0.144. The quantitative estimate of drug-likeness (QED) is 0.833. The average Bonchev–Trinajstić information content (AvgIpc) is 2.95. The fraction of sp³-hybridized carbons (Fsp3) is 0.333. The summed E-state index contributed by atoms with van der Waals surface area (Å²) in [4.78, 5) is 16.6. The van der Waals surface area contributed by atoms with E-state index in [-0.39, 0.29) is 12.0 Å². The minimum absolute atomic E-state index is 0.0318. The predicted octanol–water partition coefficient (Wildman–Crippen LogP) is 2.67. The first-order valence-electron chi connectivity index (χ1n) is 6.62.